The van der Waals surface area contributed by atoms with Crippen LogP contribution in [0.4, 0.5) is 0 Å². The Morgan fingerprint density at radius 3 is 2.48 bits per heavy atom. The summed E-state index contributed by atoms with van der Waals surface area (Å²) in [6, 6.07) is 12.2. The van der Waals surface area contributed by atoms with Crippen LogP contribution in [0.1, 0.15) is 12.0 Å². The van der Waals surface area contributed by atoms with Crippen molar-refractivity contribution in [2.24, 2.45) is 11.5 Å². The van der Waals surface area contributed by atoms with Crippen LogP contribution in [0.25, 0.3) is 10.8 Å². The van der Waals surface area contributed by atoms with Crippen molar-refractivity contribution in [3.63, 3.8) is 0 Å². The van der Waals surface area contributed by atoms with Crippen LogP contribution >= 0.6 is 0 Å². The number of carboxylic acids is 1. The van der Waals surface area contributed by atoms with Crippen molar-refractivity contribution < 1.29 is 14.7 Å². The fourth-order valence-corrected chi connectivity index (χ4v) is 2.41. The van der Waals surface area contributed by atoms with Gasteiger partial charge >= 0.3 is 5.97 Å². The Kier molecular flexibility index (Phi) is 5.67. The Balaban J connectivity index is 1.94. The largest absolute Gasteiger partial charge is 0.480 e. The minimum absolute atomic E-state index is 0.169. The summed E-state index contributed by atoms with van der Waals surface area (Å²) in [5.41, 5.74) is 12.3. The van der Waals surface area contributed by atoms with Crippen molar-refractivity contribution in [1.82, 2.24) is 5.32 Å². The van der Waals surface area contributed by atoms with Crippen LogP contribution in [0.5, 0.6) is 0 Å². The number of rotatable bonds is 7. The molecular weight excluding hydrogens is 294 g/mol. The SMILES string of the molecule is N[C@@H](CCNC(=O)[C@@H](N)Cc1cccc2ccccc12)C(=O)O. The first kappa shape index (κ1) is 16.9. The standard InChI is InChI=1S/C17H21N3O3/c18-14(17(22)23)8-9-20-16(21)15(19)10-12-6-3-5-11-4-1-2-7-13(11)12/h1-7,14-15H,8-10,18-19H2,(H,20,21)(H,22,23)/t14-,15-/m0/s1. The third-order valence-corrected chi connectivity index (χ3v) is 3.73. The van der Waals surface area contributed by atoms with Gasteiger partial charge in [0.2, 0.25) is 5.91 Å². The molecule has 2 aromatic carbocycles. The van der Waals surface area contributed by atoms with E-state index in [2.05, 4.69) is 5.32 Å². The molecule has 6 N–H and O–H groups in total. The number of carbonyl (C=O) groups excluding carboxylic acids is 1. The summed E-state index contributed by atoms with van der Waals surface area (Å²) < 4.78 is 0. The van der Waals surface area contributed by atoms with Crippen LogP contribution in [0.2, 0.25) is 0 Å². The van der Waals surface area contributed by atoms with Crippen molar-refractivity contribution in [3.8, 4) is 0 Å². The molecule has 0 saturated heterocycles. The molecule has 2 rings (SSSR count). The van der Waals surface area contributed by atoms with E-state index in [0.29, 0.717) is 6.42 Å². The molecule has 0 spiro atoms. The van der Waals surface area contributed by atoms with Gasteiger partial charge in [0.1, 0.15) is 6.04 Å². The molecule has 0 aliphatic heterocycles. The van der Waals surface area contributed by atoms with Crippen molar-refractivity contribution in [2.45, 2.75) is 24.9 Å². The molecular formula is C17H21N3O3. The number of nitrogens with one attached hydrogen (secondary N) is 1. The van der Waals surface area contributed by atoms with E-state index in [1.54, 1.807) is 0 Å². The average Bonchev–Trinajstić information content (AvgIpc) is 2.54. The number of fused-ring (bicyclic) bond motifs is 1. The second-order valence-corrected chi connectivity index (χ2v) is 5.47. The smallest absolute Gasteiger partial charge is 0.320 e. The van der Waals surface area contributed by atoms with Gasteiger partial charge in [-0.3, -0.25) is 9.59 Å². The normalized spacial score (nSPS) is 13.5. The maximum atomic E-state index is 12.0. The van der Waals surface area contributed by atoms with Crippen LogP contribution in [0.3, 0.4) is 0 Å². The van der Waals surface area contributed by atoms with E-state index in [1.165, 1.54) is 0 Å². The highest BCUT2D eigenvalue weighted by Gasteiger charge is 2.16. The average molecular weight is 315 g/mol. The number of hydrogen-bond donors (Lipinski definition) is 4. The van der Waals surface area contributed by atoms with Gasteiger partial charge in [-0.2, -0.15) is 0 Å². The number of amides is 1. The number of benzene rings is 2. The molecule has 0 bridgehead atoms. The number of nitrogens with two attached hydrogens (primary N) is 2. The summed E-state index contributed by atoms with van der Waals surface area (Å²) in [6.07, 6.45) is 0.584. The Morgan fingerprint density at radius 2 is 1.74 bits per heavy atom. The molecule has 0 aliphatic rings. The van der Waals surface area contributed by atoms with Gasteiger partial charge in [0.05, 0.1) is 6.04 Å². The fourth-order valence-electron chi connectivity index (χ4n) is 2.41. The molecule has 6 heteroatoms. The molecule has 0 unspecified atom stereocenters. The van der Waals surface area contributed by atoms with Gasteiger partial charge in [0.15, 0.2) is 0 Å². The summed E-state index contributed by atoms with van der Waals surface area (Å²) in [6.45, 7) is 0.190. The van der Waals surface area contributed by atoms with Gasteiger partial charge in [-0.1, -0.05) is 42.5 Å². The van der Waals surface area contributed by atoms with E-state index in [1.807, 2.05) is 42.5 Å². The van der Waals surface area contributed by atoms with E-state index in [0.717, 1.165) is 16.3 Å². The number of aliphatic carboxylic acids is 1. The second-order valence-electron chi connectivity index (χ2n) is 5.47. The number of carbonyl (C=O) groups is 2. The maximum absolute atomic E-state index is 12.0. The summed E-state index contributed by atoms with van der Waals surface area (Å²) in [5, 5.41) is 13.5. The van der Waals surface area contributed by atoms with Gasteiger partial charge in [-0.25, -0.2) is 0 Å². The summed E-state index contributed by atoms with van der Waals surface area (Å²) in [5.74, 6) is -1.39. The maximum Gasteiger partial charge on any atom is 0.320 e. The molecule has 23 heavy (non-hydrogen) atoms. The van der Waals surface area contributed by atoms with Crippen LogP contribution in [0, 0.1) is 0 Å². The Hall–Kier alpha value is -2.44. The second kappa shape index (κ2) is 7.71. The van der Waals surface area contributed by atoms with Crippen LogP contribution in [0.15, 0.2) is 42.5 Å². The molecule has 1 amide bonds. The highest BCUT2D eigenvalue weighted by atomic mass is 16.4. The van der Waals surface area contributed by atoms with E-state index >= 15 is 0 Å². The van der Waals surface area contributed by atoms with Crippen LogP contribution in [-0.4, -0.2) is 35.6 Å². The zero-order valence-electron chi connectivity index (χ0n) is 12.7. The zero-order valence-corrected chi connectivity index (χ0v) is 12.7. The monoisotopic (exact) mass is 315 g/mol. The van der Waals surface area contributed by atoms with Gasteiger partial charge < -0.3 is 21.9 Å². The molecule has 6 nitrogen and oxygen atoms in total. The molecule has 2 aromatic rings. The predicted molar refractivity (Wildman–Crippen MR) is 88.9 cm³/mol. The molecule has 2 atom stereocenters. The van der Waals surface area contributed by atoms with E-state index < -0.39 is 18.1 Å². The molecule has 0 aliphatic carbocycles. The van der Waals surface area contributed by atoms with Crippen molar-refractivity contribution >= 4 is 22.6 Å². The highest BCUT2D eigenvalue weighted by molar-refractivity contribution is 5.87. The molecule has 0 aromatic heterocycles. The highest BCUT2D eigenvalue weighted by Crippen LogP contribution is 2.19. The Labute approximate surface area is 134 Å². The van der Waals surface area contributed by atoms with E-state index in [4.69, 9.17) is 16.6 Å². The predicted octanol–water partition coefficient (Wildman–Crippen LogP) is 0.628. The summed E-state index contributed by atoms with van der Waals surface area (Å²) >= 11 is 0. The zero-order chi connectivity index (χ0) is 16.8. The van der Waals surface area contributed by atoms with Gasteiger partial charge in [-0.15, -0.1) is 0 Å². The minimum Gasteiger partial charge on any atom is -0.480 e. The third kappa shape index (κ3) is 4.51. The lowest BCUT2D eigenvalue weighted by atomic mass is 9.99. The topological polar surface area (TPSA) is 118 Å². The van der Waals surface area contributed by atoms with Crippen molar-refractivity contribution in [3.05, 3.63) is 48.0 Å². The summed E-state index contributed by atoms with van der Waals surface area (Å²) in [7, 11) is 0. The third-order valence-electron chi connectivity index (χ3n) is 3.73. The number of carboxylic acid groups (broad SMARTS) is 1. The van der Waals surface area contributed by atoms with Gasteiger partial charge in [0, 0.05) is 6.54 Å². The molecule has 0 saturated carbocycles. The Bertz CT molecular complexity index is 697. The van der Waals surface area contributed by atoms with Crippen LogP contribution < -0.4 is 16.8 Å². The first-order valence-electron chi connectivity index (χ1n) is 7.47. The quantitative estimate of drug-likeness (QED) is 0.597. The van der Waals surface area contributed by atoms with Crippen molar-refractivity contribution in [1.29, 1.82) is 0 Å². The molecule has 0 heterocycles. The summed E-state index contributed by atoms with van der Waals surface area (Å²) in [4.78, 5) is 22.6. The Morgan fingerprint density at radius 1 is 1.04 bits per heavy atom. The first-order chi connectivity index (χ1) is 11.0. The number of hydrogen-bond acceptors (Lipinski definition) is 4. The minimum atomic E-state index is -1.08. The molecule has 0 radical (unpaired) electrons. The molecule has 0 fully saturated rings. The van der Waals surface area contributed by atoms with E-state index in [9.17, 15) is 9.59 Å². The van der Waals surface area contributed by atoms with E-state index in [-0.39, 0.29) is 18.9 Å². The lowest BCUT2D eigenvalue weighted by Crippen LogP contribution is -2.44. The molecule has 122 valence electrons. The lowest BCUT2D eigenvalue weighted by molar-refractivity contribution is -0.138. The lowest BCUT2D eigenvalue weighted by Gasteiger charge is -2.14. The van der Waals surface area contributed by atoms with Gasteiger partial charge in [-0.05, 0) is 29.2 Å². The van der Waals surface area contributed by atoms with Crippen LogP contribution in [-0.2, 0) is 16.0 Å². The fraction of sp³-hybridized carbons (Fsp3) is 0.294. The van der Waals surface area contributed by atoms with Crippen molar-refractivity contribution in [2.75, 3.05) is 6.54 Å². The van der Waals surface area contributed by atoms with Gasteiger partial charge in [0.25, 0.3) is 0 Å². The first-order valence-corrected chi connectivity index (χ1v) is 7.47.